The highest BCUT2D eigenvalue weighted by atomic mass is 16.5. The normalized spacial score (nSPS) is 10.8. The molecule has 0 aliphatic carbocycles. The molecule has 0 amide bonds. The third-order valence-corrected chi connectivity index (χ3v) is 3.03. The van der Waals surface area contributed by atoms with Crippen LogP contribution in [0.1, 0.15) is 28.1 Å². The molecule has 18 heavy (non-hydrogen) atoms. The Labute approximate surface area is 107 Å². The number of rotatable bonds is 4. The van der Waals surface area contributed by atoms with Crippen LogP contribution in [0.3, 0.4) is 0 Å². The van der Waals surface area contributed by atoms with E-state index in [1.807, 2.05) is 32.9 Å². The minimum Gasteiger partial charge on any atom is -0.508 e. The summed E-state index contributed by atoms with van der Waals surface area (Å²) in [4.78, 5) is 0. The standard InChI is InChI=1S/C14H18N2O2/c1-9-4-5-14(17)12(6-9)7-15-8-13-10(2)16-18-11(13)3/h4-6,15,17H,7-8H2,1-3H3. The van der Waals surface area contributed by atoms with Gasteiger partial charge in [-0.15, -0.1) is 0 Å². The van der Waals surface area contributed by atoms with Crippen molar-refractivity contribution in [2.45, 2.75) is 33.9 Å². The third-order valence-electron chi connectivity index (χ3n) is 3.03. The van der Waals surface area contributed by atoms with Crippen molar-refractivity contribution in [1.29, 1.82) is 0 Å². The van der Waals surface area contributed by atoms with Gasteiger partial charge in [-0.2, -0.15) is 0 Å². The molecule has 0 aliphatic heterocycles. The second-order valence-electron chi connectivity index (χ2n) is 4.54. The summed E-state index contributed by atoms with van der Waals surface area (Å²) in [5.74, 6) is 1.17. The van der Waals surface area contributed by atoms with E-state index in [2.05, 4.69) is 10.5 Å². The van der Waals surface area contributed by atoms with E-state index in [4.69, 9.17) is 4.52 Å². The minimum atomic E-state index is 0.326. The Kier molecular flexibility index (Phi) is 3.67. The first-order chi connectivity index (χ1) is 8.58. The highest BCUT2D eigenvalue weighted by Gasteiger charge is 2.08. The molecule has 2 N–H and O–H groups in total. The van der Waals surface area contributed by atoms with Crippen molar-refractivity contribution in [2.75, 3.05) is 0 Å². The Morgan fingerprint density at radius 3 is 2.67 bits per heavy atom. The van der Waals surface area contributed by atoms with E-state index in [0.29, 0.717) is 18.8 Å². The number of nitrogens with zero attached hydrogens (tertiary/aromatic N) is 1. The van der Waals surface area contributed by atoms with Crippen molar-refractivity contribution in [3.05, 3.63) is 46.3 Å². The molecule has 1 heterocycles. The number of aromatic nitrogens is 1. The lowest BCUT2D eigenvalue weighted by Crippen LogP contribution is -2.13. The molecule has 0 saturated carbocycles. The Hall–Kier alpha value is -1.81. The molecule has 0 aliphatic rings. The molecule has 1 aromatic heterocycles. The molecule has 0 spiro atoms. The van der Waals surface area contributed by atoms with Gasteiger partial charge in [0.25, 0.3) is 0 Å². The van der Waals surface area contributed by atoms with Gasteiger partial charge in [-0.3, -0.25) is 0 Å². The Bertz CT molecular complexity index is 527. The van der Waals surface area contributed by atoms with E-state index in [1.165, 1.54) is 0 Å². The summed E-state index contributed by atoms with van der Waals surface area (Å²) in [5.41, 5.74) is 4.04. The van der Waals surface area contributed by atoms with E-state index in [1.54, 1.807) is 6.07 Å². The van der Waals surface area contributed by atoms with Crippen LogP contribution in [-0.2, 0) is 13.1 Å². The van der Waals surface area contributed by atoms with Gasteiger partial charge in [-0.25, -0.2) is 0 Å². The van der Waals surface area contributed by atoms with Crippen LogP contribution < -0.4 is 5.32 Å². The van der Waals surface area contributed by atoms with Crippen LogP contribution in [0, 0.1) is 20.8 Å². The molecular formula is C14H18N2O2. The number of nitrogens with one attached hydrogen (secondary N) is 1. The van der Waals surface area contributed by atoms with Crippen LogP contribution in [-0.4, -0.2) is 10.3 Å². The van der Waals surface area contributed by atoms with Gasteiger partial charge in [0.2, 0.25) is 0 Å². The maximum atomic E-state index is 9.73. The third kappa shape index (κ3) is 2.71. The van der Waals surface area contributed by atoms with Crippen molar-refractivity contribution >= 4 is 0 Å². The Balaban J connectivity index is 1.98. The number of hydrogen-bond donors (Lipinski definition) is 2. The summed E-state index contributed by atoms with van der Waals surface area (Å²) in [5, 5.41) is 16.9. The predicted octanol–water partition coefficient (Wildman–Crippen LogP) is 2.60. The van der Waals surface area contributed by atoms with E-state index in [0.717, 1.165) is 28.1 Å². The lowest BCUT2D eigenvalue weighted by Gasteiger charge is -2.07. The lowest BCUT2D eigenvalue weighted by atomic mass is 10.1. The van der Waals surface area contributed by atoms with Gasteiger partial charge < -0.3 is 14.9 Å². The average molecular weight is 246 g/mol. The molecule has 0 fully saturated rings. The Morgan fingerprint density at radius 1 is 1.22 bits per heavy atom. The zero-order valence-electron chi connectivity index (χ0n) is 10.9. The van der Waals surface area contributed by atoms with Crippen molar-refractivity contribution in [3.63, 3.8) is 0 Å². The molecule has 1 aromatic carbocycles. The van der Waals surface area contributed by atoms with Crippen LogP contribution in [0.4, 0.5) is 0 Å². The van der Waals surface area contributed by atoms with Crippen LogP contribution >= 0.6 is 0 Å². The fraction of sp³-hybridized carbons (Fsp3) is 0.357. The van der Waals surface area contributed by atoms with Gasteiger partial charge in [-0.05, 0) is 26.8 Å². The molecule has 2 aromatic rings. The highest BCUT2D eigenvalue weighted by molar-refractivity contribution is 5.35. The van der Waals surface area contributed by atoms with E-state index < -0.39 is 0 Å². The molecule has 0 atom stereocenters. The summed E-state index contributed by atoms with van der Waals surface area (Å²) >= 11 is 0. The van der Waals surface area contributed by atoms with Gasteiger partial charge in [0.05, 0.1) is 5.69 Å². The smallest absolute Gasteiger partial charge is 0.138 e. The SMILES string of the molecule is Cc1ccc(O)c(CNCc2c(C)noc2C)c1. The number of aromatic hydroxyl groups is 1. The quantitative estimate of drug-likeness (QED) is 0.870. The average Bonchev–Trinajstić information content (AvgIpc) is 2.65. The monoisotopic (exact) mass is 246 g/mol. The molecule has 2 rings (SSSR count). The second-order valence-corrected chi connectivity index (χ2v) is 4.54. The zero-order chi connectivity index (χ0) is 13.1. The van der Waals surface area contributed by atoms with Gasteiger partial charge in [0, 0.05) is 24.2 Å². The molecule has 4 heteroatoms. The first-order valence-electron chi connectivity index (χ1n) is 5.99. The summed E-state index contributed by atoms with van der Waals surface area (Å²) in [6, 6.07) is 5.60. The molecule has 0 saturated heterocycles. The van der Waals surface area contributed by atoms with Crippen LogP contribution in [0.2, 0.25) is 0 Å². The first kappa shape index (κ1) is 12.6. The number of hydrogen-bond acceptors (Lipinski definition) is 4. The maximum Gasteiger partial charge on any atom is 0.138 e. The largest absolute Gasteiger partial charge is 0.508 e. The minimum absolute atomic E-state index is 0.326. The first-order valence-corrected chi connectivity index (χ1v) is 5.99. The fourth-order valence-electron chi connectivity index (χ4n) is 1.93. The zero-order valence-corrected chi connectivity index (χ0v) is 10.9. The number of phenols is 1. The molecular weight excluding hydrogens is 228 g/mol. The number of phenolic OH excluding ortho intramolecular Hbond substituents is 1. The maximum absolute atomic E-state index is 9.73. The van der Waals surface area contributed by atoms with Gasteiger partial charge >= 0.3 is 0 Å². The van der Waals surface area contributed by atoms with Gasteiger partial charge in [-0.1, -0.05) is 22.9 Å². The van der Waals surface area contributed by atoms with E-state index >= 15 is 0 Å². The molecule has 96 valence electrons. The second kappa shape index (κ2) is 5.23. The molecule has 0 radical (unpaired) electrons. The van der Waals surface area contributed by atoms with Crippen molar-refractivity contribution in [3.8, 4) is 5.75 Å². The van der Waals surface area contributed by atoms with E-state index in [9.17, 15) is 5.11 Å². The van der Waals surface area contributed by atoms with Crippen molar-refractivity contribution < 1.29 is 9.63 Å². The van der Waals surface area contributed by atoms with E-state index in [-0.39, 0.29) is 0 Å². The summed E-state index contributed by atoms with van der Waals surface area (Å²) in [7, 11) is 0. The van der Waals surface area contributed by atoms with Crippen LogP contribution in [0.5, 0.6) is 5.75 Å². The number of aryl methyl sites for hydroxylation is 3. The van der Waals surface area contributed by atoms with Gasteiger partial charge in [0.15, 0.2) is 0 Å². The summed E-state index contributed by atoms with van der Waals surface area (Å²) < 4.78 is 5.10. The lowest BCUT2D eigenvalue weighted by molar-refractivity contribution is 0.392. The van der Waals surface area contributed by atoms with Crippen molar-refractivity contribution in [1.82, 2.24) is 10.5 Å². The van der Waals surface area contributed by atoms with Crippen molar-refractivity contribution in [2.24, 2.45) is 0 Å². The summed E-state index contributed by atoms with van der Waals surface area (Å²) in [6.07, 6.45) is 0. The molecule has 0 unspecified atom stereocenters. The summed E-state index contributed by atoms with van der Waals surface area (Å²) in [6.45, 7) is 7.15. The van der Waals surface area contributed by atoms with Gasteiger partial charge in [0.1, 0.15) is 11.5 Å². The highest BCUT2D eigenvalue weighted by Crippen LogP contribution is 2.18. The number of benzene rings is 1. The molecule has 4 nitrogen and oxygen atoms in total. The Morgan fingerprint density at radius 2 is 2.00 bits per heavy atom. The van der Waals surface area contributed by atoms with Crippen LogP contribution in [0.15, 0.2) is 22.7 Å². The fourth-order valence-corrected chi connectivity index (χ4v) is 1.93. The topological polar surface area (TPSA) is 58.3 Å². The van der Waals surface area contributed by atoms with Crippen LogP contribution in [0.25, 0.3) is 0 Å². The molecule has 0 bridgehead atoms. The predicted molar refractivity (Wildman–Crippen MR) is 69.4 cm³/mol.